The second kappa shape index (κ2) is 7.82. The van der Waals surface area contributed by atoms with E-state index in [1.807, 2.05) is 12.1 Å². The summed E-state index contributed by atoms with van der Waals surface area (Å²) in [5, 5.41) is 4.76. The summed E-state index contributed by atoms with van der Waals surface area (Å²) in [6.07, 6.45) is 4.47. The Kier molecular flexibility index (Phi) is 5.27. The van der Waals surface area contributed by atoms with Crippen LogP contribution in [-0.4, -0.2) is 29.0 Å². The van der Waals surface area contributed by atoms with Crippen molar-refractivity contribution in [3.63, 3.8) is 0 Å². The lowest BCUT2D eigenvalue weighted by Gasteiger charge is -2.33. The molecule has 0 aliphatic carbocycles. The number of halogens is 1. The van der Waals surface area contributed by atoms with Crippen LogP contribution in [0.15, 0.2) is 36.7 Å². The highest BCUT2D eigenvalue weighted by Crippen LogP contribution is 2.32. The Bertz CT molecular complexity index is 956. The largest absolute Gasteiger partial charge is 0.355 e. The average molecular weight is 401 g/mol. The summed E-state index contributed by atoms with van der Waals surface area (Å²) in [6.45, 7) is 3.73. The maximum Gasteiger partial charge on any atom is 0.229 e. The Balaban J connectivity index is 1.52. The van der Waals surface area contributed by atoms with Crippen LogP contribution in [0.2, 0.25) is 5.02 Å². The van der Waals surface area contributed by atoms with Crippen molar-refractivity contribution in [2.75, 3.05) is 23.3 Å². The van der Waals surface area contributed by atoms with E-state index in [0.717, 1.165) is 47.5 Å². The molecule has 0 bridgehead atoms. The number of piperidine rings is 1. The average Bonchev–Trinajstić information content (AvgIpc) is 3.13. The van der Waals surface area contributed by atoms with Crippen LogP contribution in [-0.2, 0) is 11.2 Å². The topological polar surface area (TPSA) is 58.1 Å². The third kappa shape index (κ3) is 3.92. The summed E-state index contributed by atoms with van der Waals surface area (Å²) in [5.74, 6) is 0.926. The number of thiophene rings is 1. The third-order valence-corrected chi connectivity index (χ3v) is 6.35. The van der Waals surface area contributed by atoms with Gasteiger partial charge in [0.25, 0.3) is 0 Å². The molecule has 1 atom stereocenters. The Morgan fingerprint density at radius 1 is 1.33 bits per heavy atom. The fourth-order valence-electron chi connectivity index (χ4n) is 3.48. The molecule has 2 aromatic heterocycles. The van der Waals surface area contributed by atoms with Crippen LogP contribution >= 0.6 is 22.9 Å². The normalized spacial score (nSPS) is 17.3. The van der Waals surface area contributed by atoms with Gasteiger partial charge in [-0.05, 0) is 49.6 Å². The highest BCUT2D eigenvalue weighted by Gasteiger charge is 2.28. The molecule has 3 aromatic rings. The van der Waals surface area contributed by atoms with Gasteiger partial charge in [0.2, 0.25) is 5.91 Å². The lowest BCUT2D eigenvalue weighted by molar-refractivity contribution is -0.120. The molecule has 140 valence electrons. The second-order valence-corrected chi connectivity index (χ2v) is 8.32. The quantitative estimate of drug-likeness (QED) is 0.685. The van der Waals surface area contributed by atoms with Gasteiger partial charge in [-0.2, -0.15) is 0 Å². The number of aromatic nitrogens is 2. The second-order valence-electron chi connectivity index (χ2n) is 6.76. The molecule has 27 heavy (non-hydrogen) atoms. The summed E-state index contributed by atoms with van der Waals surface area (Å²) < 4.78 is 0. The molecule has 1 aliphatic heterocycles. The molecule has 0 saturated carbocycles. The fourth-order valence-corrected chi connectivity index (χ4v) is 4.54. The third-order valence-electron chi connectivity index (χ3n) is 4.91. The standard InChI is InChI=1S/C20H21ClN4OS/c1-2-16-10-17-18(22-12-23-20(17)27-16)25-9-3-4-13(11-25)19(26)24-15-7-5-14(21)6-8-15/h5-8,10,12-13H,2-4,9,11H2,1H3,(H,24,26)/t13-/m0/s1. The van der Waals surface area contributed by atoms with Gasteiger partial charge in [0.15, 0.2) is 0 Å². The molecular weight excluding hydrogens is 380 g/mol. The summed E-state index contributed by atoms with van der Waals surface area (Å²) in [4.78, 5) is 26.2. The van der Waals surface area contributed by atoms with Crippen molar-refractivity contribution in [1.82, 2.24) is 9.97 Å². The highest BCUT2D eigenvalue weighted by molar-refractivity contribution is 7.18. The lowest BCUT2D eigenvalue weighted by atomic mass is 9.97. The van der Waals surface area contributed by atoms with Crippen molar-refractivity contribution in [2.45, 2.75) is 26.2 Å². The van der Waals surface area contributed by atoms with Crippen LogP contribution in [0.25, 0.3) is 10.2 Å². The van der Waals surface area contributed by atoms with E-state index in [2.05, 4.69) is 33.2 Å². The molecule has 0 radical (unpaired) electrons. The van der Waals surface area contributed by atoms with E-state index in [4.69, 9.17) is 11.6 Å². The van der Waals surface area contributed by atoms with Crippen molar-refractivity contribution in [2.24, 2.45) is 5.92 Å². The van der Waals surface area contributed by atoms with Gasteiger partial charge in [-0.15, -0.1) is 11.3 Å². The number of benzene rings is 1. The zero-order chi connectivity index (χ0) is 18.8. The SMILES string of the molecule is CCc1cc2c(N3CCC[C@H](C(=O)Nc4ccc(Cl)cc4)C3)ncnc2s1. The number of aryl methyl sites for hydroxylation is 1. The van der Waals surface area contributed by atoms with Crippen LogP contribution in [0.4, 0.5) is 11.5 Å². The molecule has 1 fully saturated rings. The molecule has 1 N–H and O–H groups in total. The number of carbonyl (C=O) groups excluding carboxylic acids is 1. The van der Waals surface area contributed by atoms with Gasteiger partial charge in [-0.25, -0.2) is 9.97 Å². The van der Waals surface area contributed by atoms with Crippen LogP contribution < -0.4 is 10.2 Å². The summed E-state index contributed by atoms with van der Waals surface area (Å²) >= 11 is 7.63. The van der Waals surface area contributed by atoms with Gasteiger partial charge in [0, 0.05) is 28.7 Å². The maximum absolute atomic E-state index is 12.7. The minimum atomic E-state index is -0.0660. The molecule has 0 spiro atoms. The number of amides is 1. The Morgan fingerprint density at radius 3 is 2.93 bits per heavy atom. The smallest absolute Gasteiger partial charge is 0.229 e. The predicted molar refractivity (Wildman–Crippen MR) is 112 cm³/mol. The molecule has 3 heterocycles. The van der Waals surface area contributed by atoms with Crippen molar-refractivity contribution in [3.8, 4) is 0 Å². The number of nitrogens with zero attached hydrogens (tertiary/aromatic N) is 3. The van der Waals surface area contributed by atoms with Gasteiger partial charge < -0.3 is 10.2 Å². The number of rotatable bonds is 4. The van der Waals surface area contributed by atoms with E-state index >= 15 is 0 Å². The van der Waals surface area contributed by atoms with Crippen molar-refractivity contribution in [1.29, 1.82) is 0 Å². The fraction of sp³-hybridized carbons (Fsp3) is 0.350. The molecule has 1 saturated heterocycles. The molecule has 0 unspecified atom stereocenters. The number of nitrogens with one attached hydrogen (secondary N) is 1. The first kappa shape index (κ1) is 18.2. The Morgan fingerprint density at radius 2 is 2.15 bits per heavy atom. The van der Waals surface area contributed by atoms with Crippen LogP contribution in [0, 0.1) is 5.92 Å². The minimum absolute atomic E-state index is 0.0480. The number of carbonyl (C=O) groups is 1. The number of hydrogen-bond acceptors (Lipinski definition) is 5. The first-order valence-electron chi connectivity index (χ1n) is 9.19. The Hall–Kier alpha value is -2.18. The minimum Gasteiger partial charge on any atom is -0.355 e. The highest BCUT2D eigenvalue weighted by atomic mass is 35.5. The number of hydrogen-bond donors (Lipinski definition) is 1. The van der Waals surface area contributed by atoms with E-state index in [9.17, 15) is 4.79 Å². The maximum atomic E-state index is 12.7. The molecule has 1 amide bonds. The zero-order valence-electron chi connectivity index (χ0n) is 15.1. The van der Waals surface area contributed by atoms with E-state index in [-0.39, 0.29) is 11.8 Å². The van der Waals surface area contributed by atoms with Crippen molar-refractivity contribution >= 4 is 50.6 Å². The monoisotopic (exact) mass is 400 g/mol. The van der Waals surface area contributed by atoms with E-state index < -0.39 is 0 Å². The van der Waals surface area contributed by atoms with Crippen LogP contribution in [0.5, 0.6) is 0 Å². The molecule has 7 heteroatoms. The van der Waals surface area contributed by atoms with Gasteiger partial charge in [-0.3, -0.25) is 4.79 Å². The first-order chi connectivity index (χ1) is 13.1. The summed E-state index contributed by atoms with van der Waals surface area (Å²) in [6, 6.07) is 9.40. The molecule has 1 aliphatic rings. The molecule has 1 aromatic carbocycles. The summed E-state index contributed by atoms with van der Waals surface area (Å²) in [5.41, 5.74) is 0.774. The van der Waals surface area contributed by atoms with Crippen LogP contribution in [0.3, 0.4) is 0 Å². The van der Waals surface area contributed by atoms with Gasteiger partial charge in [0.1, 0.15) is 17.0 Å². The molecule has 5 nitrogen and oxygen atoms in total. The van der Waals surface area contributed by atoms with Gasteiger partial charge in [0.05, 0.1) is 11.3 Å². The Labute approximate surface area is 167 Å². The van der Waals surface area contributed by atoms with E-state index in [0.29, 0.717) is 11.6 Å². The first-order valence-corrected chi connectivity index (χ1v) is 10.4. The van der Waals surface area contributed by atoms with E-state index in [1.165, 1.54) is 4.88 Å². The lowest BCUT2D eigenvalue weighted by Crippen LogP contribution is -2.41. The molecular formula is C20H21ClN4OS. The number of fused-ring (bicyclic) bond motifs is 1. The van der Waals surface area contributed by atoms with Crippen LogP contribution in [0.1, 0.15) is 24.6 Å². The van der Waals surface area contributed by atoms with Gasteiger partial charge in [-0.1, -0.05) is 18.5 Å². The summed E-state index contributed by atoms with van der Waals surface area (Å²) in [7, 11) is 0. The van der Waals surface area contributed by atoms with Crippen molar-refractivity contribution in [3.05, 3.63) is 46.6 Å². The molecule has 4 rings (SSSR count). The van der Waals surface area contributed by atoms with Gasteiger partial charge >= 0.3 is 0 Å². The predicted octanol–water partition coefficient (Wildman–Crippen LogP) is 4.76. The number of anilines is 2. The van der Waals surface area contributed by atoms with Crippen molar-refractivity contribution < 1.29 is 4.79 Å². The zero-order valence-corrected chi connectivity index (χ0v) is 16.7. The van der Waals surface area contributed by atoms with E-state index in [1.54, 1.807) is 29.8 Å².